The normalized spacial score (nSPS) is 14.2. The molecule has 11 nitrogen and oxygen atoms in total. The first kappa shape index (κ1) is 25.6. The van der Waals surface area contributed by atoms with Gasteiger partial charge in [-0.3, -0.25) is 9.78 Å². The molecule has 2 N–H and O–H groups in total. The van der Waals surface area contributed by atoms with Crippen molar-refractivity contribution in [2.24, 2.45) is 0 Å². The molecule has 11 heteroatoms. The van der Waals surface area contributed by atoms with Crippen molar-refractivity contribution in [3.63, 3.8) is 0 Å². The van der Waals surface area contributed by atoms with E-state index < -0.39 is 6.04 Å². The number of allylic oxidation sites excluding steroid dienone is 1. The van der Waals surface area contributed by atoms with Gasteiger partial charge in [-0.2, -0.15) is 4.98 Å². The Labute approximate surface area is 225 Å². The Morgan fingerprint density at radius 2 is 1.67 bits per heavy atom. The molecule has 1 aliphatic rings. The number of aromatic nitrogens is 4. The van der Waals surface area contributed by atoms with Gasteiger partial charge in [-0.05, 0) is 49.4 Å². The number of pyridine rings is 1. The van der Waals surface area contributed by atoms with Crippen LogP contribution in [-0.2, 0) is 4.79 Å². The lowest BCUT2D eigenvalue weighted by atomic mass is 9.93. The van der Waals surface area contributed by atoms with Crippen LogP contribution < -0.4 is 29.6 Å². The van der Waals surface area contributed by atoms with Crippen LogP contribution >= 0.6 is 0 Å². The van der Waals surface area contributed by atoms with E-state index in [1.54, 1.807) is 69.8 Å². The predicted molar refractivity (Wildman–Crippen MR) is 145 cm³/mol. The van der Waals surface area contributed by atoms with E-state index in [-0.39, 0.29) is 5.91 Å². The third kappa shape index (κ3) is 4.81. The molecule has 0 saturated heterocycles. The summed E-state index contributed by atoms with van der Waals surface area (Å²) in [7, 11) is 6.27. The Morgan fingerprint density at radius 1 is 0.949 bits per heavy atom. The lowest BCUT2D eigenvalue weighted by Crippen LogP contribution is -2.31. The third-order valence-electron chi connectivity index (χ3n) is 6.40. The number of anilines is 2. The van der Waals surface area contributed by atoms with Gasteiger partial charge in [-0.1, -0.05) is 0 Å². The molecule has 2 aromatic carbocycles. The Bertz CT molecular complexity index is 1530. The molecule has 0 bridgehead atoms. The molecule has 0 radical (unpaired) electrons. The Morgan fingerprint density at radius 3 is 2.31 bits per heavy atom. The van der Waals surface area contributed by atoms with Crippen molar-refractivity contribution >= 4 is 17.5 Å². The fraction of sp³-hybridized carbons (Fsp3) is 0.214. The van der Waals surface area contributed by atoms with E-state index in [1.807, 2.05) is 31.2 Å². The van der Waals surface area contributed by atoms with E-state index in [9.17, 15) is 4.79 Å². The summed E-state index contributed by atoms with van der Waals surface area (Å²) in [6, 6.07) is 13.8. The summed E-state index contributed by atoms with van der Waals surface area (Å²) in [5, 5.41) is 11.0. The molecule has 1 amide bonds. The van der Waals surface area contributed by atoms with Gasteiger partial charge in [0.05, 0.1) is 45.9 Å². The second-order valence-electron chi connectivity index (χ2n) is 8.64. The first-order valence-corrected chi connectivity index (χ1v) is 12.1. The first-order valence-electron chi connectivity index (χ1n) is 12.1. The number of benzene rings is 2. The Kier molecular flexibility index (Phi) is 7.04. The van der Waals surface area contributed by atoms with E-state index in [2.05, 4.69) is 15.6 Å². The van der Waals surface area contributed by atoms with E-state index in [0.29, 0.717) is 51.5 Å². The SMILES string of the molecule is COc1ccc(-c2nc3n(n2)C(c2cc(OC)c(OC)cc2OC)C(C(=O)Nc2cccnc2)=C(C)N3)cc1. The van der Waals surface area contributed by atoms with Gasteiger partial charge < -0.3 is 29.6 Å². The van der Waals surface area contributed by atoms with Gasteiger partial charge >= 0.3 is 0 Å². The lowest BCUT2D eigenvalue weighted by molar-refractivity contribution is -0.113. The van der Waals surface area contributed by atoms with E-state index in [1.165, 1.54) is 0 Å². The lowest BCUT2D eigenvalue weighted by Gasteiger charge is -2.30. The van der Waals surface area contributed by atoms with Crippen molar-refractivity contribution in [3.05, 3.63) is 77.8 Å². The van der Waals surface area contributed by atoms with Gasteiger partial charge in [0.15, 0.2) is 17.3 Å². The monoisotopic (exact) mass is 528 g/mol. The van der Waals surface area contributed by atoms with Crippen LogP contribution in [0, 0.1) is 0 Å². The second kappa shape index (κ2) is 10.7. The molecular formula is C28H28N6O5. The van der Waals surface area contributed by atoms with Gasteiger partial charge in [0.25, 0.3) is 5.91 Å². The summed E-state index contributed by atoms with van der Waals surface area (Å²) in [6.45, 7) is 1.82. The minimum Gasteiger partial charge on any atom is -0.497 e. The molecule has 1 atom stereocenters. The molecule has 200 valence electrons. The maximum absolute atomic E-state index is 13.8. The van der Waals surface area contributed by atoms with Crippen molar-refractivity contribution < 1.29 is 23.7 Å². The number of nitrogens with one attached hydrogen (secondary N) is 2. The third-order valence-corrected chi connectivity index (χ3v) is 6.40. The van der Waals surface area contributed by atoms with Gasteiger partial charge in [0, 0.05) is 29.1 Å². The van der Waals surface area contributed by atoms with Crippen LogP contribution in [0.15, 0.2) is 72.2 Å². The highest BCUT2D eigenvalue weighted by Gasteiger charge is 2.37. The molecule has 0 spiro atoms. The highest BCUT2D eigenvalue weighted by Crippen LogP contribution is 2.44. The first-order chi connectivity index (χ1) is 19.0. The average molecular weight is 529 g/mol. The fourth-order valence-electron chi connectivity index (χ4n) is 4.50. The van der Waals surface area contributed by atoms with Crippen LogP contribution in [0.5, 0.6) is 23.0 Å². The van der Waals surface area contributed by atoms with Crippen LogP contribution in [0.25, 0.3) is 11.4 Å². The van der Waals surface area contributed by atoms with Gasteiger partial charge in [0.2, 0.25) is 5.95 Å². The minimum absolute atomic E-state index is 0.331. The number of hydrogen-bond acceptors (Lipinski definition) is 9. The standard InChI is InChI=1S/C28H28N6O5/c1-16-24(27(35)31-18-7-6-12-29-15-18)25(20-13-22(38-4)23(39-5)14-21(20)37-3)34-28(30-16)32-26(33-34)17-8-10-19(36-2)11-9-17/h6-15,25H,1-5H3,(H,31,35)(H,30,32,33). The Balaban J connectivity index is 1.67. The number of fused-ring (bicyclic) bond motifs is 1. The molecule has 2 aromatic heterocycles. The zero-order valence-electron chi connectivity index (χ0n) is 22.2. The van der Waals surface area contributed by atoms with Crippen molar-refractivity contribution in [1.29, 1.82) is 0 Å². The van der Waals surface area contributed by atoms with Crippen LogP contribution in [0.2, 0.25) is 0 Å². The molecule has 5 rings (SSSR count). The fourth-order valence-corrected chi connectivity index (χ4v) is 4.50. The maximum Gasteiger partial charge on any atom is 0.255 e. The van der Waals surface area contributed by atoms with Crippen molar-refractivity contribution in [2.75, 3.05) is 39.1 Å². The molecule has 4 aromatic rings. The summed E-state index contributed by atoms with van der Waals surface area (Å²) in [5.74, 6) is 2.80. The molecule has 0 saturated carbocycles. The molecule has 39 heavy (non-hydrogen) atoms. The maximum atomic E-state index is 13.8. The van der Waals surface area contributed by atoms with Crippen LogP contribution in [0.1, 0.15) is 18.5 Å². The quantitative estimate of drug-likeness (QED) is 0.345. The summed E-state index contributed by atoms with van der Waals surface area (Å²) < 4.78 is 23.8. The average Bonchev–Trinajstić information content (AvgIpc) is 3.39. The second-order valence-corrected chi connectivity index (χ2v) is 8.64. The number of carbonyl (C=O) groups excluding carboxylic acids is 1. The van der Waals surface area contributed by atoms with Crippen molar-refractivity contribution in [2.45, 2.75) is 13.0 Å². The van der Waals surface area contributed by atoms with E-state index >= 15 is 0 Å². The topological polar surface area (TPSA) is 122 Å². The van der Waals surface area contributed by atoms with Gasteiger partial charge in [0.1, 0.15) is 17.5 Å². The van der Waals surface area contributed by atoms with Crippen molar-refractivity contribution in [1.82, 2.24) is 19.7 Å². The number of ether oxygens (including phenoxy) is 4. The molecule has 1 unspecified atom stereocenters. The van der Waals surface area contributed by atoms with Gasteiger partial charge in [-0.25, -0.2) is 4.68 Å². The van der Waals surface area contributed by atoms with Gasteiger partial charge in [-0.15, -0.1) is 5.10 Å². The summed E-state index contributed by atoms with van der Waals surface area (Å²) in [6.07, 6.45) is 3.22. The summed E-state index contributed by atoms with van der Waals surface area (Å²) in [4.78, 5) is 22.6. The molecule has 0 aliphatic carbocycles. The molecule has 3 heterocycles. The summed E-state index contributed by atoms with van der Waals surface area (Å²) in [5.41, 5.74) is 3.02. The number of nitrogens with zero attached hydrogens (tertiary/aromatic N) is 4. The number of amides is 1. The molecule has 1 aliphatic heterocycles. The smallest absolute Gasteiger partial charge is 0.255 e. The molecule has 0 fully saturated rings. The zero-order chi connectivity index (χ0) is 27.5. The number of hydrogen-bond donors (Lipinski definition) is 2. The zero-order valence-corrected chi connectivity index (χ0v) is 22.2. The summed E-state index contributed by atoms with van der Waals surface area (Å²) >= 11 is 0. The largest absolute Gasteiger partial charge is 0.497 e. The highest BCUT2D eigenvalue weighted by atomic mass is 16.5. The van der Waals surface area contributed by atoms with Crippen molar-refractivity contribution in [3.8, 4) is 34.4 Å². The predicted octanol–water partition coefficient (Wildman–Crippen LogP) is 4.30. The van der Waals surface area contributed by atoms with Crippen LogP contribution in [0.4, 0.5) is 11.6 Å². The minimum atomic E-state index is -0.716. The Hall–Kier alpha value is -5.06. The van der Waals surface area contributed by atoms with E-state index in [4.69, 9.17) is 29.0 Å². The molecular weight excluding hydrogens is 500 g/mol. The van der Waals surface area contributed by atoms with Crippen LogP contribution in [-0.4, -0.2) is 54.1 Å². The number of carbonyl (C=O) groups is 1. The van der Waals surface area contributed by atoms with E-state index in [0.717, 1.165) is 11.3 Å². The highest BCUT2D eigenvalue weighted by molar-refractivity contribution is 6.06. The number of methoxy groups -OCH3 is 4. The van der Waals surface area contributed by atoms with Crippen LogP contribution in [0.3, 0.4) is 0 Å². The number of rotatable bonds is 8.